The molecule has 1 amide bonds. The van der Waals surface area contributed by atoms with Crippen molar-refractivity contribution in [2.24, 2.45) is 5.73 Å². The monoisotopic (exact) mass is 256 g/mol. The Bertz CT molecular complexity index is 423. The molecule has 1 atom stereocenters. The smallest absolute Gasteiger partial charge is 0.330 e. The Labute approximate surface area is 104 Å². The van der Waals surface area contributed by atoms with E-state index < -0.39 is 17.9 Å². The number of hydrogen-bond acceptors (Lipinski definition) is 3. The molecule has 0 bridgehead atoms. The van der Waals surface area contributed by atoms with Crippen molar-refractivity contribution in [1.82, 2.24) is 5.32 Å². The van der Waals surface area contributed by atoms with Crippen LogP contribution in [0.2, 0.25) is 5.02 Å². The quantitative estimate of drug-likeness (QED) is 0.731. The van der Waals surface area contributed by atoms with E-state index >= 15 is 0 Å². The predicted octanol–water partition coefficient (Wildman–Crippen LogP) is 0.931. The first-order valence-corrected chi connectivity index (χ1v) is 5.40. The lowest BCUT2D eigenvalue weighted by atomic mass is 10.1. The summed E-state index contributed by atoms with van der Waals surface area (Å²) in [6, 6.07) is 5.33. The van der Waals surface area contributed by atoms with E-state index in [9.17, 15) is 9.59 Å². The fourth-order valence-corrected chi connectivity index (χ4v) is 1.59. The van der Waals surface area contributed by atoms with Gasteiger partial charge in [-0.25, -0.2) is 4.79 Å². The molecule has 17 heavy (non-hydrogen) atoms. The number of rotatable bonds is 5. The lowest BCUT2D eigenvalue weighted by Crippen LogP contribution is -2.34. The van der Waals surface area contributed by atoms with Gasteiger partial charge in [-0.15, -0.1) is 0 Å². The molecular formula is C11H13ClN2O3. The number of aliphatic carboxylic acids is 1. The first-order valence-electron chi connectivity index (χ1n) is 5.03. The van der Waals surface area contributed by atoms with Gasteiger partial charge in [-0.05, 0) is 6.07 Å². The molecule has 1 aromatic rings. The Hall–Kier alpha value is -1.59. The molecule has 6 heteroatoms. The number of carbonyl (C=O) groups excluding carboxylic acids is 1. The van der Waals surface area contributed by atoms with Crippen LogP contribution in [0.4, 0.5) is 0 Å². The Morgan fingerprint density at radius 1 is 1.41 bits per heavy atom. The first kappa shape index (κ1) is 13.5. The molecule has 0 unspecified atom stereocenters. The molecule has 0 spiro atoms. The van der Waals surface area contributed by atoms with E-state index in [0.717, 1.165) is 0 Å². The maximum Gasteiger partial charge on any atom is 0.330 e. The van der Waals surface area contributed by atoms with Crippen LogP contribution >= 0.6 is 11.6 Å². The zero-order valence-electron chi connectivity index (χ0n) is 9.02. The lowest BCUT2D eigenvalue weighted by Gasteiger charge is -2.15. The summed E-state index contributed by atoms with van der Waals surface area (Å²) in [5.41, 5.74) is 5.57. The van der Waals surface area contributed by atoms with Crippen LogP contribution in [0.3, 0.4) is 0 Å². The maximum atomic E-state index is 11.3. The molecule has 0 aromatic heterocycles. The summed E-state index contributed by atoms with van der Waals surface area (Å²) in [4.78, 5) is 22.4. The summed E-state index contributed by atoms with van der Waals surface area (Å²) in [7, 11) is 0. The van der Waals surface area contributed by atoms with E-state index in [2.05, 4.69) is 5.32 Å². The fourth-order valence-electron chi connectivity index (χ4n) is 1.35. The number of benzene rings is 1. The van der Waals surface area contributed by atoms with E-state index in [-0.39, 0.29) is 13.0 Å². The largest absolute Gasteiger partial charge is 0.479 e. The second-order valence-electron chi connectivity index (χ2n) is 3.40. The average Bonchev–Trinajstić information content (AvgIpc) is 2.27. The van der Waals surface area contributed by atoms with Gasteiger partial charge < -0.3 is 16.2 Å². The molecule has 1 aromatic carbocycles. The molecule has 0 fully saturated rings. The number of carbonyl (C=O) groups is 2. The van der Waals surface area contributed by atoms with E-state index in [1.54, 1.807) is 24.3 Å². The standard InChI is InChI=1S/C11H13ClN2O3/c12-8-4-2-1-3-7(8)10(11(16)17)14-9(15)5-6-13/h1-4,10H,5-6,13H2,(H,14,15)(H,16,17)/t10-/m1/s1. The SMILES string of the molecule is NCCC(=O)N[C@@H](C(=O)O)c1ccccc1Cl. The van der Waals surface area contributed by atoms with Crippen LogP contribution in [0.1, 0.15) is 18.0 Å². The van der Waals surface area contributed by atoms with Gasteiger partial charge in [-0.3, -0.25) is 4.79 Å². The van der Waals surface area contributed by atoms with E-state index in [1.807, 2.05) is 0 Å². The van der Waals surface area contributed by atoms with Crippen LogP contribution < -0.4 is 11.1 Å². The van der Waals surface area contributed by atoms with Gasteiger partial charge in [0.25, 0.3) is 0 Å². The molecule has 0 aliphatic heterocycles. The highest BCUT2D eigenvalue weighted by Crippen LogP contribution is 2.22. The van der Waals surface area contributed by atoms with Gasteiger partial charge in [0.05, 0.1) is 0 Å². The van der Waals surface area contributed by atoms with E-state index in [0.29, 0.717) is 10.6 Å². The Morgan fingerprint density at radius 3 is 2.59 bits per heavy atom. The van der Waals surface area contributed by atoms with Crippen molar-refractivity contribution in [3.8, 4) is 0 Å². The highest BCUT2D eigenvalue weighted by Gasteiger charge is 2.23. The van der Waals surface area contributed by atoms with Gasteiger partial charge in [0.1, 0.15) is 0 Å². The second-order valence-corrected chi connectivity index (χ2v) is 3.81. The summed E-state index contributed by atoms with van der Waals surface area (Å²) in [5, 5.41) is 11.7. The molecule has 0 saturated heterocycles. The Balaban J connectivity index is 2.91. The lowest BCUT2D eigenvalue weighted by molar-refractivity contribution is -0.142. The summed E-state index contributed by atoms with van der Waals surface area (Å²) in [5.74, 6) is -1.58. The molecule has 0 aliphatic carbocycles. The highest BCUT2D eigenvalue weighted by atomic mass is 35.5. The Kier molecular flexibility index (Phi) is 4.93. The van der Waals surface area contributed by atoms with Crippen LogP contribution in [0.5, 0.6) is 0 Å². The zero-order valence-corrected chi connectivity index (χ0v) is 9.78. The first-order chi connectivity index (χ1) is 8.06. The summed E-state index contributed by atoms with van der Waals surface area (Å²) in [6.07, 6.45) is 0.0776. The third-order valence-electron chi connectivity index (χ3n) is 2.14. The number of halogens is 1. The molecule has 92 valence electrons. The van der Waals surface area contributed by atoms with Crippen LogP contribution in [0.15, 0.2) is 24.3 Å². The minimum Gasteiger partial charge on any atom is -0.479 e. The average molecular weight is 257 g/mol. The number of amides is 1. The third kappa shape index (κ3) is 3.72. The van der Waals surface area contributed by atoms with Crippen molar-refractivity contribution in [1.29, 1.82) is 0 Å². The molecule has 0 heterocycles. The molecule has 0 saturated carbocycles. The fraction of sp³-hybridized carbons (Fsp3) is 0.273. The number of nitrogens with one attached hydrogen (secondary N) is 1. The minimum atomic E-state index is -1.16. The number of carboxylic acid groups (broad SMARTS) is 1. The van der Waals surface area contributed by atoms with Gasteiger partial charge in [0, 0.05) is 23.6 Å². The molecule has 0 aliphatic rings. The molecule has 4 N–H and O–H groups in total. The van der Waals surface area contributed by atoms with Gasteiger partial charge in [0.15, 0.2) is 6.04 Å². The maximum absolute atomic E-state index is 11.3. The van der Waals surface area contributed by atoms with Crippen molar-refractivity contribution < 1.29 is 14.7 Å². The van der Waals surface area contributed by atoms with Crippen LogP contribution in [-0.4, -0.2) is 23.5 Å². The van der Waals surface area contributed by atoms with E-state index in [4.69, 9.17) is 22.4 Å². The van der Waals surface area contributed by atoms with Crippen molar-refractivity contribution in [2.75, 3.05) is 6.54 Å². The van der Waals surface area contributed by atoms with Gasteiger partial charge in [-0.2, -0.15) is 0 Å². The van der Waals surface area contributed by atoms with Gasteiger partial charge in [-0.1, -0.05) is 29.8 Å². The van der Waals surface area contributed by atoms with Crippen molar-refractivity contribution in [3.63, 3.8) is 0 Å². The normalized spacial score (nSPS) is 11.9. The van der Waals surface area contributed by atoms with E-state index in [1.165, 1.54) is 0 Å². The Morgan fingerprint density at radius 2 is 2.06 bits per heavy atom. The molecular weight excluding hydrogens is 244 g/mol. The number of nitrogens with two attached hydrogens (primary N) is 1. The summed E-state index contributed by atoms with van der Waals surface area (Å²) < 4.78 is 0. The molecule has 1 rings (SSSR count). The third-order valence-corrected chi connectivity index (χ3v) is 2.48. The van der Waals surface area contributed by atoms with Crippen LogP contribution in [-0.2, 0) is 9.59 Å². The molecule has 0 radical (unpaired) electrons. The highest BCUT2D eigenvalue weighted by molar-refractivity contribution is 6.31. The second kappa shape index (κ2) is 6.22. The summed E-state index contributed by atoms with van der Waals surface area (Å²) >= 11 is 5.88. The predicted molar refractivity (Wildman–Crippen MR) is 63.6 cm³/mol. The van der Waals surface area contributed by atoms with Gasteiger partial charge in [0.2, 0.25) is 5.91 Å². The van der Waals surface area contributed by atoms with Crippen molar-refractivity contribution in [2.45, 2.75) is 12.5 Å². The minimum absolute atomic E-state index is 0.0776. The van der Waals surface area contributed by atoms with Crippen molar-refractivity contribution >= 4 is 23.5 Å². The van der Waals surface area contributed by atoms with Gasteiger partial charge >= 0.3 is 5.97 Å². The van der Waals surface area contributed by atoms with Crippen molar-refractivity contribution in [3.05, 3.63) is 34.9 Å². The van der Waals surface area contributed by atoms with Crippen LogP contribution in [0, 0.1) is 0 Å². The van der Waals surface area contributed by atoms with Crippen LogP contribution in [0.25, 0.3) is 0 Å². The summed E-state index contributed by atoms with van der Waals surface area (Å²) in [6.45, 7) is 0.167. The molecule has 5 nitrogen and oxygen atoms in total. The number of hydrogen-bond donors (Lipinski definition) is 3. The zero-order chi connectivity index (χ0) is 12.8. The number of carboxylic acids is 1. The topological polar surface area (TPSA) is 92.4 Å².